The van der Waals surface area contributed by atoms with Crippen LogP contribution in [0.3, 0.4) is 0 Å². The van der Waals surface area contributed by atoms with Gasteiger partial charge in [-0.2, -0.15) is 4.68 Å². The molecule has 0 fully saturated rings. The van der Waals surface area contributed by atoms with E-state index in [1.165, 1.54) is 6.07 Å². The molecule has 20 heavy (non-hydrogen) atoms. The van der Waals surface area contributed by atoms with Gasteiger partial charge >= 0.3 is 11.7 Å². The first-order valence-electron chi connectivity index (χ1n) is 5.71. The zero-order chi connectivity index (χ0) is 14.3. The fraction of sp³-hybridized carbons (Fsp3) is 0. The highest BCUT2D eigenvalue weighted by Gasteiger charge is 2.14. The largest absolute Gasteiger partial charge is 0.507 e. The molecule has 0 aliphatic carbocycles. The van der Waals surface area contributed by atoms with Crippen molar-refractivity contribution in [2.75, 3.05) is 0 Å². The zero-order valence-corrected chi connectivity index (χ0v) is 10.1. The summed E-state index contributed by atoms with van der Waals surface area (Å²) < 4.78 is 0.964. The van der Waals surface area contributed by atoms with Crippen LogP contribution in [0.25, 0.3) is 16.5 Å². The fourth-order valence-electron chi connectivity index (χ4n) is 2.05. The van der Waals surface area contributed by atoms with Crippen LogP contribution in [0.2, 0.25) is 0 Å². The van der Waals surface area contributed by atoms with Crippen molar-refractivity contribution in [2.45, 2.75) is 0 Å². The van der Waals surface area contributed by atoms with Crippen LogP contribution in [0.15, 0.2) is 41.2 Å². The lowest BCUT2D eigenvalue weighted by Crippen LogP contribution is -2.16. The number of rotatable bonds is 2. The number of phenols is 1. The maximum Gasteiger partial charge on any atom is 0.373 e. The number of aromatic amines is 1. The molecule has 0 unspecified atom stereocenters. The normalized spacial score (nSPS) is 10.8. The number of carboxylic acid groups (broad SMARTS) is 1. The minimum Gasteiger partial charge on any atom is -0.507 e. The second kappa shape index (κ2) is 4.23. The SMILES string of the molecule is O=C(O)c1nn(-c2cccc3c(O)cccc23)c(=O)[nH]1. The number of carbonyl (C=O) groups is 1. The Morgan fingerprint density at radius 1 is 1.15 bits per heavy atom. The summed E-state index contributed by atoms with van der Waals surface area (Å²) in [6, 6.07) is 9.85. The highest BCUT2D eigenvalue weighted by atomic mass is 16.4. The number of aromatic nitrogens is 3. The van der Waals surface area contributed by atoms with E-state index < -0.39 is 17.5 Å². The van der Waals surface area contributed by atoms with Crippen LogP contribution in [0.4, 0.5) is 0 Å². The average Bonchev–Trinajstić information content (AvgIpc) is 2.81. The lowest BCUT2D eigenvalue weighted by molar-refractivity contribution is 0.0683. The maximum absolute atomic E-state index is 11.8. The lowest BCUT2D eigenvalue weighted by Gasteiger charge is -2.06. The first-order chi connectivity index (χ1) is 9.58. The van der Waals surface area contributed by atoms with Crippen molar-refractivity contribution in [3.63, 3.8) is 0 Å². The zero-order valence-electron chi connectivity index (χ0n) is 10.1. The van der Waals surface area contributed by atoms with Gasteiger partial charge in [-0.05, 0) is 12.1 Å². The highest BCUT2D eigenvalue weighted by molar-refractivity contribution is 5.94. The van der Waals surface area contributed by atoms with Crippen LogP contribution in [0.5, 0.6) is 5.75 Å². The number of nitrogens with one attached hydrogen (secondary N) is 1. The molecule has 0 aliphatic rings. The number of phenolic OH excluding ortho intramolecular Hbond substituents is 1. The number of H-pyrrole nitrogens is 1. The van der Waals surface area contributed by atoms with E-state index in [0.29, 0.717) is 16.5 Å². The van der Waals surface area contributed by atoms with Crippen LogP contribution in [-0.2, 0) is 0 Å². The quantitative estimate of drug-likeness (QED) is 0.647. The van der Waals surface area contributed by atoms with Crippen molar-refractivity contribution in [2.24, 2.45) is 0 Å². The summed E-state index contributed by atoms with van der Waals surface area (Å²) in [6.07, 6.45) is 0. The second-order valence-electron chi connectivity index (χ2n) is 4.15. The molecule has 2 aromatic carbocycles. The van der Waals surface area contributed by atoms with Gasteiger partial charge in [0.05, 0.1) is 5.69 Å². The Balaban J connectivity index is 2.33. The number of aromatic hydroxyl groups is 1. The summed E-state index contributed by atoms with van der Waals surface area (Å²) in [5, 5.41) is 23.5. The van der Waals surface area contributed by atoms with Gasteiger partial charge in [-0.15, -0.1) is 5.10 Å². The van der Waals surface area contributed by atoms with E-state index in [0.717, 1.165) is 4.68 Å². The van der Waals surface area contributed by atoms with Crippen molar-refractivity contribution in [3.8, 4) is 11.4 Å². The summed E-state index contributed by atoms with van der Waals surface area (Å²) in [7, 11) is 0. The molecule has 0 saturated heterocycles. The van der Waals surface area contributed by atoms with Crippen molar-refractivity contribution in [1.29, 1.82) is 0 Å². The van der Waals surface area contributed by atoms with Crippen molar-refractivity contribution >= 4 is 16.7 Å². The molecule has 1 heterocycles. The number of hydrogen-bond donors (Lipinski definition) is 3. The van der Waals surface area contributed by atoms with Crippen molar-refractivity contribution < 1.29 is 15.0 Å². The lowest BCUT2D eigenvalue weighted by atomic mass is 10.1. The molecular formula is C13H9N3O4. The van der Waals surface area contributed by atoms with Crippen LogP contribution in [-0.4, -0.2) is 30.9 Å². The molecule has 0 bridgehead atoms. The summed E-state index contributed by atoms with van der Waals surface area (Å²) >= 11 is 0. The van der Waals surface area contributed by atoms with Crippen LogP contribution >= 0.6 is 0 Å². The van der Waals surface area contributed by atoms with E-state index in [1.807, 2.05) is 0 Å². The predicted octanol–water partition coefficient (Wildman–Crippen LogP) is 1.12. The monoisotopic (exact) mass is 271 g/mol. The number of benzene rings is 2. The van der Waals surface area contributed by atoms with Crippen LogP contribution in [0, 0.1) is 0 Å². The first kappa shape index (κ1) is 12.0. The molecule has 3 aromatic rings. The average molecular weight is 271 g/mol. The number of carboxylic acids is 1. The number of aromatic carboxylic acids is 1. The van der Waals surface area contributed by atoms with E-state index in [9.17, 15) is 14.7 Å². The van der Waals surface area contributed by atoms with Gasteiger partial charge in [-0.1, -0.05) is 24.3 Å². The van der Waals surface area contributed by atoms with Gasteiger partial charge in [0.25, 0.3) is 0 Å². The third kappa shape index (κ3) is 1.72. The van der Waals surface area contributed by atoms with Gasteiger partial charge < -0.3 is 10.2 Å². The van der Waals surface area contributed by atoms with Gasteiger partial charge in [0, 0.05) is 10.8 Å². The van der Waals surface area contributed by atoms with Crippen LogP contribution < -0.4 is 5.69 Å². The Morgan fingerprint density at radius 3 is 2.55 bits per heavy atom. The molecule has 100 valence electrons. The molecule has 0 radical (unpaired) electrons. The third-order valence-corrected chi connectivity index (χ3v) is 2.92. The highest BCUT2D eigenvalue weighted by Crippen LogP contribution is 2.27. The number of fused-ring (bicyclic) bond motifs is 1. The molecule has 7 nitrogen and oxygen atoms in total. The predicted molar refractivity (Wildman–Crippen MR) is 70.3 cm³/mol. The molecule has 7 heteroatoms. The molecule has 1 aromatic heterocycles. The first-order valence-corrected chi connectivity index (χ1v) is 5.71. The standard InChI is InChI=1S/C13H9N3O4/c17-10-6-2-3-7-8(10)4-1-5-9(7)16-13(20)14-11(15-16)12(18)19/h1-6,17H,(H,18,19)(H,14,15,20). The Labute approximate surface area is 111 Å². The summed E-state index contributed by atoms with van der Waals surface area (Å²) in [6.45, 7) is 0. The summed E-state index contributed by atoms with van der Waals surface area (Å²) in [5.41, 5.74) is -0.259. The van der Waals surface area contributed by atoms with E-state index in [1.54, 1.807) is 30.3 Å². The molecule has 0 aliphatic heterocycles. The Kier molecular flexibility index (Phi) is 2.53. The van der Waals surface area contributed by atoms with E-state index in [4.69, 9.17) is 5.11 Å². The molecule has 0 atom stereocenters. The minimum absolute atomic E-state index is 0.0754. The van der Waals surface area contributed by atoms with E-state index in [-0.39, 0.29) is 5.75 Å². The minimum atomic E-state index is -1.32. The Hall–Kier alpha value is -3.09. The van der Waals surface area contributed by atoms with E-state index in [2.05, 4.69) is 10.1 Å². The second-order valence-corrected chi connectivity index (χ2v) is 4.15. The molecule has 0 spiro atoms. The summed E-state index contributed by atoms with van der Waals surface area (Å²) in [4.78, 5) is 24.8. The van der Waals surface area contributed by atoms with Gasteiger partial charge in [0.15, 0.2) is 0 Å². The van der Waals surface area contributed by atoms with Crippen molar-refractivity contribution in [1.82, 2.24) is 14.8 Å². The molecule has 3 N–H and O–H groups in total. The topological polar surface area (TPSA) is 108 Å². The van der Waals surface area contributed by atoms with Gasteiger partial charge in [0.1, 0.15) is 5.75 Å². The van der Waals surface area contributed by atoms with E-state index >= 15 is 0 Å². The maximum atomic E-state index is 11.8. The van der Waals surface area contributed by atoms with Gasteiger partial charge in [-0.3, -0.25) is 4.98 Å². The molecule has 0 saturated carbocycles. The smallest absolute Gasteiger partial charge is 0.373 e. The molecular weight excluding hydrogens is 262 g/mol. The summed E-state index contributed by atoms with van der Waals surface area (Å²) in [5.74, 6) is -1.68. The van der Waals surface area contributed by atoms with Crippen molar-refractivity contribution in [3.05, 3.63) is 52.7 Å². The number of nitrogens with zero attached hydrogens (tertiary/aromatic N) is 2. The van der Waals surface area contributed by atoms with Gasteiger partial charge in [-0.25, -0.2) is 9.59 Å². The molecule has 3 rings (SSSR count). The van der Waals surface area contributed by atoms with Crippen LogP contribution in [0.1, 0.15) is 10.6 Å². The Morgan fingerprint density at radius 2 is 1.85 bits per heavy atom. The molecule has 0 amide bonds. The Bertz CT molecular complexity index is 879. The van der Waals surface area contributed by atoms with Gasteiger partial charge in [0.2, 0.25) is 5.82 Å². The number of hydrogen-bond acceptors (Lipinski definition) is 4. The fourth-order valence-corrected chi connectivity index (χ4v) is 2.05. The third-order valence-electron chi connectivity index (χ3n) is 2.92.